The third kappa shape index (κ3) is 6.96. The lowest BCUT2D eigenvalue weighted by atomic mass is 9.99. The minimum Gasteiger partial charge on any atom is -0.387 e. The first-order valence-corrected chi connectivity index (χ1v) is 12.0. The molecule has 3 unspecified atom stereocenters. The van der Waals surface area contributed by atoms with Crippen molar-refractivity contribution in [1.29, 1.82) is 0 Å². The van der Waals surface area contributed by atoms with Gasteiger partial charge in [0.05, 0.1) is 26.4 Å². The number of alkyl halides is 1. The van der Waals surface area contributed by atoms with Gasteiger partial charge in [0.1, 0.15) is 29.4 Å². The molecule has 33 heavy (non-hydrogen) atoms. The highest BCUT2D eigenvalue weighted by Gasteiger charge is 2.45. The van der Waals surface area contributed by atoms with Gasteiger partial charge in [0.25, 0.3) is 0 Å². The van der Waals surface area contributed by atoms with Crippen molar-refractivity contribution in [2.45, 2.75) is 49.2 Å². The Morgan fingerprint density at radius 1 is 0.667 bits per heavy atom. The largest absolute Gasteiger partial charge is 0.387 e. The summed E-state index contributed by atoms with van der Waals surface area (Å²) in [6.07, 6.45) is -2.53. The van der Waals surface area contributed by atoms with E-state index in [1.54, 1.807) is 0 Å². The fourth-order valence-electron chi connectivity index (χ4n) is 3.80. The highest BCUT2D eigenvalue weighted by atomic mass is 79.9. The molecule has 1 saturated heterocycles. The van der Waals surface area contributed by atoms with Gasteiger partial charge < -0.3 is 24.1 Å². The lowest BCUT2D eigenvalue weighted by Gasteiger charge is -2.42. The topological polar surface area (TPSA) is 57.2 Å². The SMILES string of the molecule is OC1[C@H](OCc2ccccc2)C(Br)OC(COCc2ccccc2)[C@H]1OCc1ccccc1. The molecule has 1 aliphatic rings. The fraction of sp³-hybridized carbons (Fsp3) is 0.333. The highest BCUT2D eigenvalue weighted by molar-refractivity contribution is 9.09. The molecule has 1 fully saturated rings. The van der Waals surface area contributed by atoms with Crippen molar-refractivity contribution in [3.8, 4) is 0 Å². The predicted octanol–water partition coefficient (Wildman–Crippen LogP) is 4.85. The van der Waals surface area contributed by atoms with Gasteiger partial charge in [-0.1, -0.05) is 107 Å². The molecule has 0 saturated carbocycles. The summed E-state index contributed by atoms with van der Waals surface area (Å²) in [6.45, 7) is 1.48. The van der Waals surface area contributed by atoms with E-state index >= 15 is 0 Å². The summed E-state index contributed by atoms with van der Waals surface area (Å²) < 4.78 is 24.3. The van der Waals surface area contributed by atoms with Gasteiger partial charge in [0.2, 0.25) is 0 Å². The zero-order valence-electron chi connectivity index (χ0n) is 18.3. The molecule has 4 rings (SSSR count). The highest BCUT2D eigenvalue weighted by Crippen LogP contribution is 2.30. The van der Waals surface area contributed by atoms with Crippen LogP contribution in [-0.2, 0) is 38.8 Å². The summed E-state index contributed by atoms with van der Waals surface area (Å²) in [5.41, 5.74) is 3.13. The summed E-state index contributed by atoms with van der Waals surface area (Å²) in [7, 11) is 0. The van der Waals surface area contributed by atoms with Crippen molar-refractivity contribution in [2.24, 2.45) is 0 Å². The molecule has 1 heterocycles. The van der Waals surface area contributed by atoms with Crippen LogP contribution in [0.3, 0.4) is 0 Å². The number of hydrogen-bond donors (Lipinski definition) is 1. The molecule has 5 nitrogen and oxygen atoms in total. The molecule has 0 amide bonds. The van der Waals surface area contributed by atoms with Crippen LogP contribution in [0, 0.1) is 0 Å². The third-order valence-corrected chi connectivity index (χ3v) is 6.30. The second kappa shape index (κ2) is 12.4. The number of halogens is 1. The summed E-state index contributed by atoms with van der Waals surface area (Å²) >= 11 is 3.55. The van der Waals surface area contributed by atoms with Crippen LogP contribution >= 0.6 is 15.9 Å². The van der Waals surface area contributed by atoms with Crippen LogP contribution in [0.5, 0.6) is 0 Å². The van der Waals surface area contributed by atoms with Crippen LogP contribution in [0.1, 0.15) is 16.7 Å². The monoisotopic (exact) mass is 512 g/mol. The zero-order chi connectivity index (χ0) is 22.9. The first-order chi connectivity index (χ1) is 16.2. The number of rotatable bonds is 10. The summed E-state index contributed by atoms with van der Waals surface area (Å²) in [5, 5.41) is 10.7. The predicted molar refractivity (Wildman–Crippen MR) is 130 cm³/mol. The second-order valence-electron chi connectivity index (χ2n) is 8.04. The average Bonchev–Trinajstić information content (AvgIpc) is 2.85. The molecule has 0 aliphatic carbocycles. The van der Waals surface area contributed by atoms with Gasteiger partial charge in [0.15, 0.2) is 0 Å². The van der Waals surface area contributed by atoms with Crippen LogP contribution < -0.4 is 0 Å². The molecule has 5 atom stereocenters. The standard InChI is InChI=1S/C27H29BrO5/c28-27-26(32-18-22-14-8-3-9-15-22)24(29)25(31-17-21-12-6-2-7-13-21)23(33-27)19-30-16-20-10-4-1-5-11-20/h1-15,23-27,29H,16-19H2/t23?,24?,25-,26+,27?/m1/s1. The van der Waals surface area contributed by atoms with Gasteiger partial charge in [-0.2, -0.15) is 0 Å². The van der Waals surface area contributed by atoms with Crippen LogP contribution in [0.25, 0.3) is 0 Å². The Hall–Kier alpha value is -2.06. The normalized spacial score (nSPS) is 25.1. The Morgan fingerprint density at radius 3 is 1.64 bits per heavy atom. The molecule has 3 aromatic carbocycles. The number of aliphatic hydroxyl groups excluding tert-OH is 1. The molecule has 6 heteroatoms. The van der Waals surface area contributed by atoms with Crippen molar-refractivity contribution in [3.05, 3.63) is 108 Å². The lowest BCUT2D eigenvalue weighted by Crippen LogP contribution is -2.58. The molecular weight excluding hydrogens is 484 g/mol. The van der Waals surface area contributed by atoms with E-state index in [0.29, 0.717) is 26.4 Å². The first kappa shape index (κ1) is 24.1. The molecule has 0 radical (unpaired) electrons. The zero-order valence-corrected chi connectivity index (χ0v) is 19.9. The van der Waals surface area contributed by atoms with E-state index < -0.39 is 29.4 Å². The van der Waals surface area contributed by atoms with Gasteiger partial charge in [-0.25, -0.2) is 0 Å². The Kier molecular flexibility index (Phi) is 9.06. The smallest absolute Gasteiger partial charge is 0.141 e. The molecule has 0 bridgehead atoms. The quantitative estimate of drug-likeness (QED) is 0.393. The van der Waals surface area contributed by atoms with E-state index in [1.165, 1.54) is 0 Å². The van der Waals surface area contributed by atoms with Crippen molar-refractivity contribution in [2.75, 3.05) is 6.61 Å². The second-order valence-corrected chi connectivity index (χ2v) is 8.94. The van der Waals surface area contributed by atoms with Crippen molar-refractivity contribution < 1.29 is 24.1 Å². The maximum atomic E-state index is 11.2. The van der Waals surface area contributed by atoms with E-state index in [2.05, 4.69) is 15.9 Å². The van der Waals surface area contributed by atoms with Gasteiger partial charge in [0, 0.05) is 0 Å². The Bertz CT molecular complexity index is 939. The van der Waals surface area contributed by atoms with Crippen LogP contribution in [-0.4, -0.2) is 41.1 Å². The van der Waals surface area contributed by atoms with Gasteiger partial charge in [-0.05, 0) is 16.7 Å². The van der Waals surface area contributed by atoms with Crippen LogP contribution in [0.2, 0.25) is 0 Å². The molecule has 174 valence electrons. The Balaban J connectivity index is 1.41. The summed E-state index contributed by atoms with van der Waals surface area (Å²) in [4.78, 5) is 0. The summed E-state index contributed by atoms with van der Waals surface area (Å²) in [6, 6.07) is 29.7. The Labute approximate surface area is 203 Å². The molecular formula is C27H29BrO5. The van der Waals surface area contributed by atoms with E-state index in [4.69, 9.17) is 18.9 Å². The number of hydrogen-bond acceptors (Lipinski definition) is 5. The third-order valence-electron chi connectivity index (χ3n) is 5.57. The summed E-state index contributed by atoms with van der Waals surface area (Å²) in [5.74, 6) is 0. The first-order valence-electron chi connectivity index (χ1n) is 11.1. The molecule has 1 aliphatic heterocycles. The van der Waals surface area contributed by atoms with Crippen molar-refractivity contribution in [3.63, 3.8) is 0 Å². The number of benzene rings is 3. The van der Waals surface area contributed by atoms with Crippen LogP contribution in [0.4, 0.5) is 0 Å². The number of ether oxygens (including phenoxy) is 4. The van der Waals surface area contributed by atoms with Gasteiger partial charge in [-0.15, -0.1) is 0 Å². The molecule has 0 aromatic heterocycles. The maximum absolute atomic E-state index is 11.2. The minimum atomic E-state index is -0.888. The van der Waals surface area contributed by atoms with E-state index in [9.17, 15) is 5.11 Å². The fourth-order valence-corrected chi connectivity index (χ4v) is 4.54. The van der Waals surface area contributed by atoms with E-state index in [0.717, 1.165) is 16.7 Å². The van der Waals surface area contributed by atoms with Crippen LogP contribution in [0.15, 0.2) is 91.0 Å². The average molecular weight is 513 g/mol. The van der Waals surface area contributed by atoms with Gasteiger partial charge >= 0.3 is 0 Å². The Morgan fingerprint density at radius 2 is 1.12 bits per heavy atom. The molecule has 3 aromatic rings. The van der Waals surface area contributed by atoms with Crippen molar-refractivity contribution in [1.82, 2.24) is 0 Å². The molecule has 1 N–H and O–H groups in total. The maximum Gasteiger partial charge on any atom is 0.141 e. The van der Waals surface area contributed by atoms with E-state index in [-0.39, 0.29) is 0 Å². The van der Waals surface area contributed by atoms with Gasteiger partial charge in [-0.3, -0.25) is 0 Å². The van der Waals surface area contributed by atoms with E-state index in [1.807, 2.05) is 91.0 Å². The lowest BCUT2D eigenvalue weighted by molar-refractivity contribution is -0.239. The number of aliphatic hydroxyl groups is 1. The molecule has 0 spiro atoms. The van der Waals surface area contributed by atoms with Crippen molar-refractivity contribution >= 4 is 15.9 Å². The minimum absolute atomic E-state index is 0.291.